The number of carbonyl (C=O) groups excluding carboxylic acids is 1. The van der Waals surface area contributed by atoms with Gasteiger partial charge in [0.15, 0.2) is 11.5 Å². The second kappa shape index (κ2) is 8.94. The summed E-state index contributed by atoms with van der Waals surface area (Å²) in [5.74, 6) is -0.669. The van der Waals surface area contributed by atoms with Gasteiger partial charge in [-0.3, -0.25) is 4.79 Å². The lowest BCUT2D eigenvalue weighted by Crippen LogP contribution is -2.26. The van der Waals surface area contributed by atoms with E-state index < -0.39 is 24.5 Å². The Hall–Kier alpha value is -3.76. The van der Waals surface area contributed by atoms with Crippen LogP contribution >= 0.6 is 0 Å². The fourth-order valence-electron chi connectivity index (χ4n) is 2.96. The monoisotopic (exact) mass is 436 g/mol. The maximum absolute atomic E-state index is 13.3. The van der Waals surface area contributed by atoms with E-state index in [-0.39, 0.29) is 11.0 Å². The summed E-state index contributed by atoms with van der Waals surface area (Å²) >= 11 is 0. The highest BCUT2D eigenvalue weighted by Gasteiger charge is 2.37. The lowest BCUT2D eigenvalue weighted by atomic mass is 10.2. The first-order valence-electron chi connectivity index (χ1n) is 8.92. The number of rotatable bonds is 7. The fourth-order valence-corrected chi connectivity index (χ4v) is 2.96. The van der Waals surface area contributed by atoms with Gasteiger partial charge in [-0.1, -0.05) is 12.1 Å². The summed E-state index contributed by atoms with van der Waals surface area (Å²) in [5.41, 5.74) is 3.01. The Morgan fingerprint density at radius 2 is 1.74 bits per heavy atom. The number of para-hydroxylation sites is 2. The number of imidazole rings is 1. The fraction of sp³-hybridized carbons (Fsp3) is 0.250. The highest BCUT2D eigenvalue weighted by Crippen LogP contribution is 2.34. The molecule has 1 N–H and O–H groups in total. The standard InChI is InChI=1S/C20H19F3N4O4/c1-29-15-9-17(31-3)16(30-2)8-12(15)10-24-26-18(28)11-27-14-7-5-4-6-13(14)25-19(27)20(21,22)23/h4-10H,11H2,1-3H3,(H,26,28). The van der Waals surface area contributed by atoms with Crippen LogP contribution in [-0.2, 0) is 17.5 Å². The largest absolute Gasteiger partial charge is 0.496 e. The summed E-state index contributed by atoms with van der Waals surface area (Å²) < 4.78 is 56.5. The van der Waals surface area contributed by atoms with Gasteiger partial charge in [0.2, 0.25) is 5.82 Å². The van der Waals surface area contributed by atoms with Gasteiger partial charge >= 0.3 is 6.18 Å². The first-order valence-corrected chi connectivity index (χ1v) is 8.92. The van der Waals surface area contributed by atoms with Gasteiger partial charge in [-0.25, -0.2) is 10.4 Å². The molecule has 1 amide bonds. The van der Waals surface area contributed by atoms with E-state index in [2.05, 4.69) is 15.5 Å². The van der Waals surface area contributed by atoms with Crippen molar-refractivity contribution in [3.63, 3.8) is 0 Å². The molecule has 164 valence electrons. The Balaban J connectivity index is 1.81. The molecule has 3 rings (SSSR count). The van der Waals surface area contributed by atoms with Crippen LogP contribution in [0.5, 0.6) is 17.2 Å². The smallest absolute Gasteiger partial charge is 0.449 e. The minimum absolute atomic E-state index is 0.140. The number of fused-ring (bicyclic) bond motifs is 1. The van der Waals surface area contributed by atoms with Crippen molar-refractivity contribution in [2.24, 2.45) is 5.10 Å². The van der Waals surface area contributed by atoms with Gasteiger partial charge in [-0.2, -0.15) is 18.3 Å². The summed E-state index contributed by atoms with van der Waals surface area (Å²) in [6.07, 6.45) is -3.43. The Morgan fingerprint density at radius 3 is 2.39 bits per heavy atom. The molecular formula is C20H19F3N4O4. The van der Waals surface area contributed by atoms with Crippen LogP contribution in [0.1, 0.15) is 11.4 Å². The molecule has 0 spiro atoms. The zero-order valence-corrected chi connectivity index (χ0v) is 16.9. The van der Waals surface area contributed by atoms with Gasteiger partial charge in [0.05, 0.1) is 38.6 Å². The number of hydrogen-bond acceptors (Lipinski definition) is 6. The van der Waals surface area contributed by atoms with Crippen LogP contribution in [0.3, 0.4) is 0 Å². The summed E-state index contributed by atoms with van der Waals surface area (Å²) in [4.78, 5) is 15.9. The molecule has 3 aromatic rings. The normalized spacial score (nSPS) is 11.7. The number of alkyl halides is 3. The van der Waals surface area contributed by atoms with E-state index >= 15 is 0 Å². The number of benzene rings is 2. The van der Waals surface area contributed by atoms with Gasteiger partial charge in [0.1, 0.15) is 12.3 Å². The van der Waals surface area contributed by atoms with Crippen molar-refractivity contribution in [1.29, 1.82) is 0 Å². The maximum Gasteiger partial charge on any atom is 0.449 e. The topological polar surface area (TPSA) is 87.0 Å². The lowest BCUT2D eigenvalue weighted by Gasteiger charge is -2.12. The Bertz CT molecular complexity index is 1130. The molecule has 0 aliphatic heterocycles. The zero-order chi connectivity index (χ0) is 22.6. The molecule has 31 heavy (non-hydrogen) atoms. The third-order valence-corrected chi connectivity index (χ3v) is 4.34. The summed E-state index contributed by atoms with van der Waals surface area (Å²) in [5, 5.41) is 3.82. The first kappa shape index (κ1) is 21.9. The van der Waals surface area contributed by atoms with Crippen molar-refractivity contribution >= 4 is 23.2 Å². The van der Waals surface area contributed by atoms with Crippen molar-refractivity contribution in [3.8, 4) is 17.2 Å². The highest BCUT2D eigenvalue weighted by atomic mass is 19.4. The van der Waals surface area contributed by atoms with Crippen molar-refractivity contribution in [3.05, 3.63) is 47.8 Å². The van der Waals surface area contributed by atoms with Crippen LogP contribution in [-0.4, -0.2) is 43.0 Å². The zero-order valence-electron chi connectivity index (χ0n) is 16.9. The predicted molar refractivity (Wildman–Crippen MR) is 107 cm³/mol. The van der Waals surface area contributed by atoms with E-state index in [1.54, 1.807) is 24.3 Å². The molecule has 0 saturated heterocycles. The Kier molecular flexibility index (Phi) is 6.33. The minimum Gasteiger partial charge on any atom is -0.496 e. The van der Waals surface area contributed by atoms with Gasteiger partial charge in [0.25, 0.3) is 5.91 Å². The lowest BCUT2D eigenvalue weighted by molar-refractivity contribution is -0.147. The summed E-state index contributed by atoms with van der Waals surface area (Å²) in [7, 11) is 4.38. The van der Waals surface area contributed by atoms with E-state index in [1.165, 1.54) is 39.7 Å². The molecule has 0 saturated carbocycles. The highest BCUT2D eigenvalue weighted by molar-refractivity contribution is 5.87. The van der Waals surface area contributed by atoms with Gasteiger partial charge in [0, 0.05) is 11.6 Å². The number of carbonyl (C=O) groups is 1. The van der Waals surface area contributed by atoms with E-state index in [0.29, 0.717) is 22.8 Å². The van der Waals surface area contributed by atoms with Crippen LogP contribution in [0.25, 0.3) is 11.0 Å². The molecule has 2 aromatic carbocycles. The van der Waals surface area contributed by atoms with Crippen LogP contribution < -0.4 is 19.6 Å². The Labute approximate surface area is 175 Å². The number of nitrogens with one attached hydrogen (secondary N) is 1. The number of ether oxygens (including phenoxy) is 3. The molecule has 0 fully saturated rings. The average molecular weight is 436 g/mol. The number of hydrogen-bond donors (Lipinski definition) is 1. The average Bonchev–Trinajstić information content (AvgIpc) is 3.12. The van der Waals surface area contributed by atoms with Gasteiger partial charge < -0.3 is 18.8 Å². The Morgan fingerprint density at radius 1 is 1.10 bits per heavy atom. The molecule has 0 atom stereocenters. The molecule has 11 heteroatoms. The van der Waals surface area contributed by atoms with E-state index in [4.69, 9.17) is 14.2 Å². The van der Waals surface area contributed by atoms with Crippen LogP contribution in [0.4, 0.5) is 13.2 Å². The number of hydrazone groups is 1. The molecule has 1 heterocycles. The minimum atomic E-state index is -4.71. The van der Waals surface area contributed by atoms with Crippen molar-refractivity contribution in [1.82, 2.24) is 15.0 Å². The van der Waals surface area contributed by atoms with Crippen LogP contribution in [0.2, 0.25) is 0 Å². The predicted octanol–water partition coefficient (Wildman–Crippen LogP) is 3.23. The third-order valence-electron chi connectivity index (χ3n) is 4.34. The number of aromatic nitrogens is 2. The maximum atomic E-state index is 13.3. The van der Waals surface area contributed by atoms with E-state index in [0.717, 1.165) is 4.57 Å². The molecule has 0 unspecified atom stereocenters. The van der Waals surface area contributed by atoms with E-state index in [1.807, 2.05) is 0 Å². The molecule has 0 radical (unpaired) electrons. The number of methoxy groups -OCH3 is 3. The third kappa shape index (κ3) is 4.71. The van der Waals surface area contributed by atoms with E-state index in [9.17, 15) is 18.0 Å². The number of nitrogens with zero attached hydrogens (tertiary/aromatic N) is 3. The second-order valence-electron chi connectivity index (χ2n) is 6.25. The van der Waals surface area contributed by atoms with Crippen LogP contribution in [0, 0.1) is 0 Å². The number of amides is 1. The molecule has 0 aliphatic rings. The van der Waals surface area contributed by atoms with Gasteiger partial charge in [-0.15, -0.1) is 0 Å². The number of halogens is 3. The first-order chi connectivity index (χ1) is 14.8. The molecular weight excluding hydrogens is 417 g/mol. The van der Waals surface area contributed by atoms with Crippen LogP contribution in [0.15, 0.2) is 41.5 Å². The SMILES string of the molecule is COc1cc(OC)c(OC)cc1C=NNC(=O)Cn1c(C(F)(F)F)nc2ccccc21. The van der Waals surface area contributed by atoms with Crippen molar-refractivity contribution < 1.29 is 32.2 Å². The molecule has 0 aliphatic carbocycles. The van der Waals surface area contributed by atoms with Crippen molar-refractivity contribution in [2.75, 3.05) is 21.3 Å². The summed E-state index contributed by atoms with van der Waals surface area (Å²) in [6, 6.07) is 9.21. The van der Waals surface area contributed by atoms with Crippen molar-refractivity contribution in [2.45, 2.75) is 12.7 Å². The summed E-state index contributed by atoms with van der Waals surface area (Å²) in [6.45, 7) is -0.615. The van der Waals surface area contributed by atoms with Gasteiger partial charge in [-0.05, 0) is 18.2 Å². The molecule has 1 aromatic heterocycles. The quantitative estimate of drug-likeness (QED) is 0.454. The second-order valence-corrected chi connectivity index (χ2v) is 6.25. The molecule has 0 bridgehead atoms. The molecule has 8 nitrogen and oxygen atoms in total.